The number of para-hydroxylation sites is 1. The SMILES string of the molecule is Cc1nn(-c2cccc(Oc3ccc4c5ccccc5n(-c5cc(C(C)(C)C)ccn5)c4c3)c2)c(C)c1C1C(F)=C(F)C[C@H](F)[C@@H]1F. The van der Waals surface area contributed by atoms with Crippen LogP contribution in [-0.4, -0.2) is 31.7 Å². The number of aryl methyl sites for hydroxylation is 1. The topological polar surface area (TPSA) is 44.9 Å². The average Bonchev–Trinajstić information content (AvgIpc) is 3.53. The van der Waals surface area contributed by atoms with E-state index in [1.54, 1.807) is 38.1 Å². The van der Waals surface area contributed by atoms with E-state index >= 15 is 0 Å². The molecule has 240 valence electrons. The molecule has 0 bridgehead atoms. The van der Waals surface area contributed by atoms with Gasteiger partial charge in [0, 0.05) is 46.8 Å². The van der Waals surface area contributed by atoms with Crippen LogP contribution in [0.25, 0.3) is 33.3 Å². The highest BCUT2D eigenvalue weighted by Gasteiger charge is 2.43. The van der Waals surface area contributed by atoms with E-state index in [2.05, 4.69) is 48.6 Å². The van der Waals surface area contributed by atoms with E-state index in [0.29, 0.717) is 28.6 Å². The third kappa shape index (κ3) is 5.27. The second-order valence-corrected chi connectivity index (χ2v) is 13.2. The van der Waals surface area contributed by atoms with Crippen LogP contribution in [0.3, 0.4) is 0 Å². The lowest BCUT2D eigenvalue weighted by atomic mass is 9.84. The maximum absolute atomic E-state index is 14.9. The number of ether oxygens (including phenoxy) is 1. The van der Waals surface area contributed by atoms with Gasteiger partial charge < -0.3 is 4.74 Å². The first kappa shape index (κ1) is 30.7. The number of benzene rings is 3. The summed E-state index contributed by atoms with van der Waals surface area (Å²) < 4.78 is 68.3. The molecule has 1 unspecified atom stereocenters. The summed E-state index contributed by atoms with van der Waals surface area (Å²) in [5.74, 6) is -2.31. The van der Waals surface area contributed by atoms with Crippen LogP contribution < -0.4 is 4.74 Å². The van der Waals surface area contributed by atoms with Crippen molar-refractivity contribution < 1.29 is 22.3 Å². The number of halogens is 4. The molecule has 47 heavy (non-hydrogen) atoms. The number of hydrogen-bond acceptors (Lipinski definition) is 3. The Morgan fingerprint density at radius 1 is 0.830 bits per heavy atom. The molecular weight excluding hydrogens is 604 g/mol. The van der Waals surface area contributed by atoms with E-state index in [-0.39, 0.29) is 11.0 Å². The minimum atomic E-state index is -2.21. The summed E-state index contributed by atoms with van der Waals surface area (Å²) >= 11 is 0. The second kappa shape index (κ2) is 11.4. The summed E-state index contributed by atoms with van der Waals surface area (Å²) in [7, 11) is 0. The fraction of sp³-hybridized carbons (Fsp3) is 0.263. The molecule has 0 amide bonds. The maximum atomic E-state index is 14.9. The molecule has 0 saturated heterocycles. The van der Waals surface area contributed by atoms with Gasteiger partial charge in [-0.25, -0.2) is 27.2 Å². The molecule has 1 aliphatic carbocycles. The van der Waals surface area contributed by atoms with Crippen molar-refractivity contribution in [1.82, 2.24) is 19.3 Å². The normalized spacial score (nSPS) is 18.8. The molecule has 3 atom stereocenters. The van der Waals surface area contributed by atoms with Crippen LogP contribution in [0.15, 0.2) is 96.7 Å². The largest absolute Gasteiger partial charge is 0.457 e. The predicted octanol–water partition coefficient (Wildman–Crippen LogP) is 10.4. The first-order chi connectivity index (χ1) is 22.4. The zero-order chi connectivity index (χ0) is 33.2. The summed E-state index contributed by atoms with van der Waals surface area (Å²) in [5, 5.41) is 6.66. The Morgan fingerprint density at radius 3 is 2.36 bits per heavy atom. The number of pyridine rings is 1. The fourth-order valence-corrected chi connectivity index (χ4v) is 6.62. The lowest BCUT2D eigenvalue weighted by Crippen LogP contribution is -2.31. The van der Waals surface area contributed by atoms with Crippen molar-refractivity contribution >= 4 is 21.8 Å². The van der Waals surface area contributed by atoms with Crippen LogP contribution in [0, 0.1) is 13.8 Å². The molecular formula is C38H34F4N4O. The first-order valence-corrected chi connectivity index (χ1v) is 15.6. The molecule has 0 aliphatic heterocycles. The molecule has 0 radical (unpaired) electrons. The van der Waals surface area contributed by atoms with Crippen LogP contribution in [0.5, 0.6) is 11.5 Å². The van der Waals surface area contributed by atoms with Crippen LogP contribution in [0.1, 0.15) is 55.6 Å². The van der Waals surface area contributed by atoms with E-state index in [1.165, 1.54) is 10.2 Å². The Kier molecular flexibility index (Phi) is 7.45. The Morgan fingerprint density at radius 2 is 1.57 bits per heavy atom. The molecule has 1 aliphatic rings. The molecule has 3 aromatic heterocycles. The Hall–Kier alpha value is -4.92. The Balaban J connectivity index is 1.27. The number of nitrogens with zero attached hydrogens (tertiary/aromatic N) is 4. The van der Waals surface area contributed by atoms with Gasteiger partial charge in [-0.05, 0) is 67.3 Å². The quantitative estimate of drug-likeness (QED) is 0.177. The van der Waals surface area contributed by atoms with Gasteiger partial charge in [0.15, 0.2) is 0 Å². The predicted molar refractivity (Wildman–Crippen MR) is 177 cm³/mol. The van der Waals surface area contributed by atoms with Crippen molar-refractivity contribution in [2.45, 2.75) is 64.7 Å². The van der Waals surface area contributed by atoms with Gasteiger partial charge in [0.1, 0.15) is 41.3 Å². The molecule has 7 rings (SSSR count). The van der Waals surface area contributed by atoms with Crippen molar-refractivity contribution in [1.29, 1.82) is 0 Å². The summed E-state index contributed by atoms with van der Waals surface area (Å²) in [6, 6.07) is 25.4. The number of aromatic nitrogens is 4. The summed E-state index contributed by atoms with van der Waals surface area (Å²) in [6.07, 6.45) is -3.41. The van der Waals surface area contributed by atoms with Gasteiger partial charge in [-0.3, -0.25) is 4.57 Å². The molecule has 0 saturated carbocycles. The highest BCUT2D eigenvalue weighted by Crippen LogP contribution is 2.44. The third-order valence-electron chi connectivity index (χ3n) is 9.01. The number of fused-ring (bicyclic) bond motifs is 3. The van der Waals surface area contributed by atoms with Gasteiger partial charge in [-0.1, -0.05) is 45.0 Å². The van der Waals surface area contributed by atoms with Crippen molar-refractivity contribution in [2.24, 2.45) is 0 Å². The van der Waals surface area contributed by atoms with E-state index in [0.717, 1.165) is 27.6 Å². The average molecular weight is 639 g/mol. The van der Waals surface area contributed by atoms with Gasteiger partial charge in [0.25, 0.3) is 0 Å². The molecule has 0 fully saturated rings. The molecule has 0 spiro atoms. The smallest absolute Gasteiger partial charge is 0.145 e. The molecule has 6 aromatic rings. The van der Waals surface area contributed by atoms with Gasteiger partial charge >= 0.3 is 0 Å². The molecule has 0 N–H and O–H groups in total. The maximum Gasteiger partial charge on any atom is 0.145 e. The number of rotatable bonds is 5. The first-order valence-electron chi connectivity index (χ1n) is 15.6. The third-order valence-corrected chi connectivity index (χ3v) is 9.01. The van der Waals surface area contributed by atoms with Crippen LogP contribution in [-0.2, 0) is 5.41 Å². The van der Waals surface area contributed by atoms with Crippen LogP contribution in [0.2, 0.25) is 0 Å². The zero-order valence-corrected chi connectivity index (χ0v) is 26.7. The Labute approximate surface area is 270 Å². The summed E-state index contributed by atoms with van der Waals surface area (Å²) in [5.41, 5.74) is 4.47. The van der Waals surface area contributed by atoms with Crippen molar-refractivity contribution in [3.05, 3.63) is 119 Å². The van der Waals surface area contributed by atoms with E-state index in [1.807, 2.05) is 42.6 Å². The van der Waals surface area contributed by atoms with Crippen molar-refractivity contribution in [2.75, 3.05) is 0 Å². The monoisotopic (exact) mass is 638 g/mol. The van der Waals surface area contributed by atoms with Gasteiger partial charge in [-0.2, -0.15) is 5.10 Å². The second-order valence-electron chi connectivity index (χ2n) is 13.2. The highest BCUT2D eigenvalue weighted by atomic mass is 19.2. The number of hydrogen-bond donors (Lipinski definition) is 0. The highest BCUT2D eigenvalue weighted by molar-refractivity contribution is 6.09. The van der Waals surface area contributed by atoms with Crippen LogP contribution in [0.4, 0.5) is 17.6 Å². The standard InChI is InChI=1S/C38H34F4N4O/c1-21-34(35-36(41)29(39)20-30(40)37(35)42)22(2)46(44-21)24-9-8-10-25(18-24)47-26-13-14-28-27-11-6-7-12-31(27)45(32(28)19-26)33-17-23(15-16-43-33)38(3,4)5/h6-19,29,35-36H,20H2,1-5H3/t29-,35?,36-/m0/s1. The van der Waals surface area contributed by atoms with Crippen molar-refractivity contribution in [3.8, 4) is 23.0 Å². The lowest BCUT2D eigenvalue weighted by molar-refractivity contribution is 0.117. The van der Waals surface area contributed by atoms with E-state index in [9.17, 15) is 17.6 Å². The fourth-order valence-electron chi connectivity index (χ4n) is 6.62. The van der Waals surface area contributed by atoms with E-state index < -0.39 is 36.3 Å². The lowest BCUT2D eigenvalue weighted by Gasteiger charge is -2.27. The molecule has 9 heteroatoms. The number of alkyl halides is 2. The summed E-state index contributed by atoms with van der Waals surface area (Å²) in [4.78, 5) is 4.74. The van der Waals surface area contributed by atoms with E-state index in [4.69, 9.17) is 9.72 Å². The molecule has 3 heterocycles. The van der Waals surface area contributed by atoms with Crippen molar-refractivity contribution in [3.63, 3.8) is 0 Å². The summed E-state index contributed by atoms with van der Waals surface area (Å²) in [6.45, 7) is 9.74. The number of allylic oxidation sites excluding steroid dienone is 2. The minimum absolute atomic E-state index is 0.0529. The zero-order valence-electron chi connectivity index (χ0n) is 26.7. The van der Waals surface area contributed by atoms with Gasteiger partial charge in [0.2, 0.25) is 0 Å². The van der Waals surface area contributed by atoms with Gasteiger partial charge in [-0.15, -0.1) is 0 Å². The molecule has 5 nitrogen and oxygen atoms in total. The minimum Gasteiger partial charge on any atom is -0.457 e. The van der Waals surface area contributed by atoms with Gasteiger partial charge in [0.05, 0.1) is 28.3 Å². The molecule has 3 aromatic carbocycles. The van der Waals surface area contributed by atoms with Crippen LogP contribution >= 0.6 is 0 Å². The Bertz CT molecular complexity index is 2190.